The number of aryl methyl sites for hydroxylation is 1. The number of benzene rings is 3. The Labute approximate surface area is 124 Å². The van der Waals surface area contributed by atoms with Crippen LogP contribution in [0.1, 0.15) is 27.0 Å². The molecule has 0 aromatic heterocycles. The zero-order valence-electron chi connectivity index (χ0n) is 12.2. The van der Waals surface area contributed by atoms with Crippen molar-refractivity contribution in [1.29, 1.82) is 0 Å². The Bertz CT molecular complexity index is 849. The summed E-state index contributed by atoms with van der Waals surface area (Å²) in [4.78, 5) is 13.0. The molecule has 0 radical (unpaired) electrons. The summed E-state index contributed by atoms with van der Waals surface area (Å²) in [7, 11) is 0. The van der Waals surface area contributed by atoms with E-state index in [1.54, 1.807) is 0 Å². The van der Waals surface area contributed by atoms with E-state index in [9.17, 15) is 4.79 Å². The minimum Gasteiger partial charge on any atom is -0.398 e. The summed E-state index contributed by atoms with van der Waals surface area (Å²) in [6.45, 7) is 3.87. The highest BCUT2D eigenvalue weighted by Gasteiger charge is 2.17. The molecule has 0 bridgehead atoms. The zero-order valence-corrected chi connectivity index (χ0v) is 12.2. The molecule has 2 nitrogen and oxygen atoms in total. The van der Waals surface area contributed by atoms with Gasteiger partial charge in [0.2, 0.25) is 0 Å². The molecule has 3 aromatic carbocycles. The van der Waals surface area contributed by atoms with Crippen molar-refractivity contribution in [2.24, 2.45) is 0 Å². The summed E-state index contributed by atoms with van der Waals surface area (Å²) in [5, 5.41) is 2.07. The molecule has 0 spiro atoms. The van der Waals surface area contributed by atoms with Gasteiger partial charge in [0.1, 0.15) is 0 Å². The number of ketones is 1. The van der Waals surface area contributed by atoms with Crippen LogP contribution in [0, 0.1) is 13.8 Å². The van der Waals surface area contributed by atoms with Gasteiger partial charge in [-0.05, 0) is 41.8 Å². The van der Waals surface area contributed by atoms with Gasteiger partial charge in [-0.1, -0.05) is 48.5 Å². The van der Waals surface area contributed by atoms with Gasteiger partial charge in [0, 0.05) is 16.8 Å². The van der Waals surface area contributed by atoms with Crippen molar-refractivity contribution in [1.82, 2.24) is 0 Å². The van der Waals surface area contributed by atoms with E-state index in [1.165, 1.54) is 0 Å². The fourth-order valence-corrected chi connectivity index (χ4v) is 2.72. The lowest BCUT2D eigenvalue weighted by Gasteiger charge is -2.12. The van der Waals surface area contributed by atoms with E-state index in [2.05, 4.69) is 0 Å². The average Bonchev–Trinajstić information content (AvgIpc) is 2.49. The van der Waals surface area contributed by atoms with Crippen LogP contribution in [-0.2, 0) is 0 Å². The lowest BCUT2D eigenvalue weighted by Crippen LogP contribution is -2.08. The van der Waals surface area contributed by atoms with E-state index in [4.69, 9.17) is 5.73 Å². The Morgan fingerprint density at radius 3 is 2.48 bits per heavy atom. The first kappa shape index (κ1) is 13.4. The fourth-order valence-electron chi connectivity index (χ4n) is 2.72. The van der Waals surface area contributed by atoms with E-state index in [-0.39, 0.29) is 5.78 Å². The van der Waals surface area contributed by atoms with Gasteiger partial charge >= 0.3 is 0 Å². The molecular weight excluding hydrogens is 258 g/mol. The lowest BCUT2D eigenvalue weighted by atomic mass is 9.91. The Morgan fingerprint density at radius 1 is 0.905 bits per heavy atom. The predicted octanol–water partition coefficient (Wildman–Crippen LogP) is 4.27. The molecule has 0 fully saturated rings. The van der Waals surface area contributed by atoms with Crippen molar-refractivity contribution in [2.75, 3.05) is 5.73 Å². The topological polar surface area (TPSA) is 43.1 Å². The van der Waals surface area contributed by atoms with Crippen LogP contribution in [0.4, 0.5) is 5.69 Å². The highest BCUT2D eigenvalue weighted by Crippen LogP contribution is 2.27. The van der Waals surface area contributed by atoms with Crippen LogP contribution in [0.2, 0.25) is 0 Å². The number of hydrogen-bond acceptors (Lipinski definition) is 2. The number of fused-ring (bicyclic) bond motifs is 1. The zero-order chi connectivity index (χ0) is 15.0. The van der Waals surface area contributed by atoms with Crippen molar-refractivity contribution in [2.45, 2.75) is 13.8 Å². The standard InChI is InChI=1S/C19H17NO/c1-12-10-11-14-6-3-4-7-16(14)18(12)19(21)15-8-5-9-17(20)13(15)2/h3-11H,20H2,1-2H3. The smallest absolute Gasteiger partial charge is 0.194 e. The molecule has 104 valence electrons. The SMILES string of the molecule is Cc1ccc2ccccc2c1C(=O)c1cccc(N)c1C. The van der Waals surface area contributed by atoms with Gasteiger partial charge in [-0.15, -0.1) is 0 Å². The number of nitrogens with two attached hydrogens (primary N) is 1. The van der Waals surface area contributed by atoms with Crippen LogP contribution in [0.25, 0.3) is 10.8 Å². The Balaban J connectivity index is 2.27. The van der Waals surface area contributed by atoms with Crippen LogP contribution >= 0.6 is 0 Å². The Kier molecular flexibility index (Phi) is 3.22. The summed E-state index contributed by atoms with van der Waals surface area (Å²) in [6.07, 6.45) is 0. The number of carbonyl (C=O) groups is 1. The van der Waals surface area contributed by atoms with E-state index in [0.717, 1.165) is 27.5 Å². The molecule has 2 heteroatoms. The molecule has 0 amide bonds. The maximum Gasteiger partial charge on any atom is 0.194 e. The normalized spacial score (nSPS) is 10.8. The van der Waals surface area contributed by atoms with Crippen LogP contribution in [0.15, 0.2) is 54.6 Å². The quantitative estimate of drug-likeness (QED) is 0.560. The summed E-state index contributed by atoms with van der Waals surface area (Å²) in [6, 6.07) is 17.5. The van der Waals surface area contributed by atoms with E-state index >= 15 is 0 Å². The van der Waals surface area contributed by atoms with Gasteiger partial charge in [0.25, 0.3) is 0 Å². The van der Waals surface area contributed by atoms with Crippen LogP contribution in [-0.4, -0.2) is 5.78 Å². The summed E-state index contributed by atoms with van der Waals surface area (Å²) in [5.74, 6) is 0.0362. The van der Waals surface area contributed by atoms with Crippen LogP contribution in [0.3, 0.4) is 0 Å². The minimum atomic E-state index is 0.0362. The van der Waals surface area contributed by atoms with Gasteiger partial charge in [-0.25, -0.2) is 0 Å². The van der Waals surface area contributed by atoms with Crippen molar-refractivity contribution in [3.8, 4) is 0 Å². The van der Waals surface area contributed by atoms with Crippen molar-refractivity contribution in [3.05, 3.63) is 76.9 Å². The summed E-state index contributed by atoms with van der Waals surface area (Å²) < 4.78 is 0. The molecule has 0 aliphatic heterocycles. The first-order valence-electron chi connectivity index (χ1n) is 6.97. The van der Waals surface area contributed by atoms with Gasteiger partial charge < -0.3 is 5.73 Å². The Hall–Kier alpha value is -2.61. The molecule has 0 aliphatic rings. The predicted molar refractivity (Wildman–Crippen MR) is 87.7 cm³/mol. The van der Waals surface area contributed by atoms with Gasteiger partial charge in [-0.3, -0.25) is 4.79 Å². The number of anilines is 1. The maximum absolute atomic E-state index is 13.0. The molecule has 0 unspecified atom stereocenters. The molecule has 0 atom stereocenters. The number of nitrogen functional groups attached to an aromatic ring is 1. The largest absolute Gasteiger partial charge is 0.398 e. The molecule has 0 saturated heterocycles. The molecule has 21 heavy (non-hydrogen) atoms. The van der Waals surface area contributed by atoms with Crippen LogP contribution < -0.4 is 5.73 Å². The van der Waals surface area contributed by atoms with Crippen LogP contribution in [0.5, 0.6) is 0 Å². The van der Waals surface area contributed by atoms with E-state index in [1.807, 2.05) is 68.4 Å². The number of rotatable bonds is 2. The fraction of sp³-hybridized carbons (Fsp3) is 0.105. The average molecular weight is 275 g/mol. The van der Waals surface area contributed by atoms with Gasteiger partial charge in [0.15, 0.2) is 5.78 Å². The minimum absolute atomic E-state index is 0.0362. The molecular formula is C19H17NO. The first-order valence-corrected chi connectivity index (χ1v) is 6.97. The van der Waals surface area contributed by atoms with Crippen molar-refractivity contribution >= 4 is 22.2 Å². The second-order valence-corrected chi connectivity index (χ2v) is 5.33. The molecule has 3 rings (SSSR count). The number of hydrogen-bond donors (Lipinski definition) is 1. The van der Waals surface area contributed by atoms with Crippen molar-refractivity contribution in [3.63, 3.8) is 0 Å². The van der Waals surface area contributed by atoms with E-state index < -0.39 is 0 Å². The van der Waals surface area contributed by atoms with E-state index in [0.29, 0.717) is 11.3 Å². The first-order chi connectivity index (χ1) is 10.1. The van der Waals surface area contributed by atoms with Gasteiger partial charge in [0.05, 0.1) is 0 Å². The van der Waals surface area contributed by atoms with Gasteiger partial charge in [-0.2, -0.15) is 0 Å². The number of carbonyl (C=O) groups excluding carboxylic acids is 1. The highest BCUT2D eigenvalue weighted by molar-refractivity contribution is 6.18. The third kappa shape index (κ3) is 2.19. The lowest BCUT2D eigenvalue weighted by molar-refractivity contribution is 0.103. The third-order valence-electron chi connectivity index (χ3n) is 3.98. The molecule has 3 aromatic rings. The molecule has 0 heterocycles. The maximum atomic E-state index is 13.0. The Morgan fingerprint density at radius 2 is 1.67 bits per heavy atom. The summed E-state index contributed by atoms with van der Waals surface area (Å²) in [5.41, 5.74) is 9.86. The highest BCUT2D eigenvalue weighted by atomic mass is 16.1. The summed E-state index contributed by atoms with van der Waals surface area (Å²) >= 11 is 0. The monoisotopic (exact) mass is 275 g/mol. The molecule has 2 N–H and O–H groups in total. The van der Waals surface area contributed by atoms with Crippen molar-refractivity contribution < 1.29 is 4.79 Å². The molecule has 0 aliphatic carbocycles. The second kappa shape index (κ2) is 5.06. The molecule has 0 saturated carbocycles. The second-order valence-electron chi connectivity index (χ2n) is 5.33. The third-order valence-corrected chi connectivity index (χ3v) is 3.98.